The van der Waals surface area contributed by atoms with Gasteiger partial charge in [-0.2, -0.15) is 13.2 Å². The van der Waals surface area contributed by atoms with Crippen LogP contribution in [0.4, 0.5) is 26.3 Å². The van der Waals surface area contributed by atoms with Crippen LogP contribution in [-0.2, 0) is 6.42 Å². The van der Waals surface area contributed by atoms with Crippen LogP contribution in [0.1, 0.15) is 67.7 Å². The molecule has 1 heterocycles. The highest BCUT2D eigenvalue weighted by atomic mass is 19.4. The number of benzene rings is 2. The van der Waals surface area contributed by atoms with Crippen molar-refractivity contribution >= 4 is 17.0 Å². The quantitative estimate of drug-likeness (QED) is 0.310. The molecule has 38 heavy (non-hydrogen) atoms. The Morgan fingerprint density at radius 1 is 1.03 bits per heavy atom. The van der Waals surface area contributed by atoms with Crippen LogP contribution in [0.2, 0.25) is 0 Å². The Labute approximate surface area is 215 Å². The number of carboxylic acid groups (broad SMARTS) is 1. The molecule has 2 N–H and O–H groups in total. The highest BCUT2D eigenvalue weighted by Crippen LogP contribution is 2.34. The summed E-state index contributed by atoms with van der Waals surface area (Å²) in [6.07, 6.45) is -2.01. The first kappa shape index (κ1) is 29.1. The minimum absolute atomic E-state index is 0.141. The van der Waals surface area contributed by atoms with Crippen molar-refractivity contribution in [1.82, 2.24) is 9.97 Å². The van der Waals surface area contributed by atoms with Crippen molar-refractivity contribution in [2.75, 3.05) is 6.61 Å². The lowest BCUT2D eigenvalue weighted by Gasteiger charge is -2.28. The number of nitrogens with one attached hydrogen (secondary N) is 1. The number of carbonyl (C=O) groups is 1. The third-order valence-corrected chi connectivity index (χ3v) is 5.99. The molecule has 4 rings (SSSR count). The number of hydrogen-bond acceptors (Lipinski definition) is 4. The van der Waals surface area contributed by atoms with Gasteiger partial charge in [0.2, 0.25) is 0 Å². The molecule has 6 nitrogen and oxygen atoms in total. The maximum absolute atomic E-state index is 12.4. The van der Waals surface area contributed by atoms with Gasteiger partial charge in [0.15, 0.2) is 6.61 Å². The Morgan fingerprint density at radius 3 is 2.16 bits per heavy atom. The lowest BCUT2D eigenvalue weighted by molar-refractivity contribution is -0.274. The number of aromatic amines is 1. The highest BCUT2D eigenvalue weighted by Gasteiger charge is 2.31. The molecule has 0 unspecified atom stereocenters. The molecule has 0 aliphatic heterocycles. The number of carboxylic acids is 1. The van der Waals surface area contributed by atoms with E-state index in [2.05, 4.69) is 33.3 Å². The number of ether oxygens (including phenoxy) is 2. The van der Waals surface area contributed by atoms with Crippen LogP contribution in [0, 0.1) is 5.41 Å². The smallest absolute Gasteiger partial charge is 0.483 e. The molecular weight excluding hydrogens is 518 g/mol. The van der Waals surface area contributed by atoms with Gasteiger partial charge in [-0.25, -0.2) is 9.78 Å². The van der Waals surface area contributed by atoms with Gasteiger partial charge in [0.1, 0.15) is 22.9 Å². The van der Waals surface area contributed by atoms with E-state index in [0.717, 1.165) is 24.3 Å². The van der Waals surface area contributed by atoms with Gasteiger partial charge >= 0.3 is 18.5 Å². The maximum atomic E-state index is 12.4. The van der Waals surface area contributed by atoms with Crippen LogP contribution in [-0.4, -0.2) is 40.2 Å². The van der Waals surface area contributed by atoms with Crippen LogP contribution in [0.3, 0.4) is 0 Å². The number of hydrogen-bond donors (Lipinski definition) is 2. The fourth-order valence-electron chi connectivity index (χ4n) is 4.13. The molecule has 1 aliphatic carbocycles. The second-order valence-electron chi connectivity index (χ2n) is 9.85. The van der Waals surface area contributed by atoms with E-state index in [1.807, 2.05) is 0 Å². The molecular formula is C26H28F6N2O4. The molecule has 1 saturated carbocycles. The largest absolute Gasteiger partial charge is 0.573 e. The Kier molecular flexibility index (Phi) is 8.83. The Bertz CT molecular complexity index is 1230. The summed E-state index contributed by atoms with van der Waals surface area (Å²) in [5, 5.41) is 9.22. The topological polar surface area (TPSA) is 84.4 Å². The zero-order valence-corrected chi connectivity index (χ0v) is 20.8. The first-order chi connectivity index (χ1) is 17.6. The Hall–Kier alpha value is -3.44. The number of fused-ring (bicyclic) bond motifs is 1. The summed E-state index contributed by atoms with van der Waals surface area (Å²) in [5.74, 6) is -2.04. The molecule has 1 aliphatic rings. The molecule has 0 amide bonds. The number of nitrogens with zero attached hydrogens (tertiary/aromatic N) is 1. The van der Waals surface area contributed by atoms with Crippen molar-refractivity contribution in [3.63, 3.8) is 0 Å². The Morgan fingerprint density at radius 2 is 1.66 bits per heavy atom. The molecule has 0 atom stereocenters. The van der Waals surface area contributed by atoms with Gasteiger partial charge in [-0.1, -0.05) is 45.2 Å². The molecule has 3 aromatic rings. The number of imidazole rings is 1. The van der Waals surface area contributed by atoms with Crippen molar-refractivity contribution in [1.29, 1.82) is 0 Å². The van der Waals surface area contributed by atoms with E-state index in [0.29, 0.717) is 16.8 Å². The predicted octanol–water partition coefficient (Wildman–Crippen LogP) is 7.67. The lowest BCUT2D eigenvalue weighted by atomic mass is 9.78. The molecule has 0 radical (unpaired) electrons. The summed E-state index contributed by atoms with van der Waals surface area (Å²) in [5.41, 5.74) is 1.19. The fraction of sp³-hybridized carbons (Fsp3) is 0.462. The number of aromatic nitrogens is 2. The zero-order valence-electron chi connectivity index (χ0n) is 20.8. The van der Waals surface area contributed by atoms with Gasteiger partial charge in [-0.05, 0) is 42.0 Å². The number of alkyl halides is 6. The van der Waals surface area contributed by atoms with Gasteiger partial charge in [0, 0.05) is 12.5 Å². The molecule has 208 valence electrons. The molecule has 12 heteroatoms. The summed E-state index contributed by atoms with van der Waals surface area (Å²) in [6, 6.07) is 7.18. The van der Waals surface area contributed by atoms with Crippen LogP contribution in [0.15, 0.2) is 36.4 Å². The second-order valence-corrected chi connectivity index (χ2v) is 9.85. The lowest BCUT2D eigenvalue weighted by Crippen LogP contribution is -2.20. The van der Waals surface area contributed by atoms with Crippen molar-refractivity contribution < 1.29 is 45.7 Å². The van der Waals surface area contributed by atoms with Crippen LogP contribution < -0.4 is 9.47 Å². The number of aromatic carboxylic acids is 1. The summed E-state index contributed by atoms with van der Waals surface area (Å²) in [7, 11) is 0. The van der Waals surface area contributed by atoms with Gasteiger partial charge in [0.25, 0.3) is 0 Å². The van der Waals surface area contributed by atoms with Gasteiger partial charge < -0.3 is 19.6 Å². The third kappa shape index (κ3) is 9.14. The average molecular weight is 547 g/mol. The van der Waals surface area contributed by atoms with E-state index >= 15 is 0 Å². The minimum atomic E-state index is -4.81. The maximum Gasteiger partial charge on any atom is 0.573 e. The molecule has 0 bridgehead atoms. The van der Waals surface area contributed by atoms with Crippen molar-refractivity contribution in [2.45, 2.75) is 64.9 Å². The fourth-order valence-corrected chi connectivity index (χ4v) is 4.13. The minimum Gasteiger partial charge on any atom is -0.483 e. The van der Waals surface area contributed by atoms with Gasteiger partial charge in [-0.3, -0.25) is 0 Å². The monoisotopic (exact) mass is 546 g/mol. The average Bonchev–Trinajstić information content (AvgIpc) is 3.18. The standard InChI is InChI=1S/C18H12F6N2O4.C8H16/c19-17(20,21)8-29-14-7-13-12(6-11(14)16(27)28)25-15(26-13)5-9-1-3-10(4-2-9)30-18(22,23)24;1-8(2)6-4-3-5-7-8/h1-4,6-7H,5,8H2,(H,25,26)(H,27,28);3-7H2,1-2H3. The van der Waals surface area contributed by atoms with E-state index in [-0.39, 0.29) is 17.5 Å². The molecule has 0 spiro atoms. The normalized spacial score (nSPS) is 15.5. The first-order valence-corrected chi connectivity index (χ1v) is 11.9. The number of halogens is 6. The predicted molar refractivity (Wildman–Crippen MR) is 127 cm³/mol. The molecule has 1 aromatic heterocycles. The highest BCUT2D eigenvalue weighted by molar-refractivity contribution is 5.96. The van der Waals surface area contributed by atoms with Gasteiger partial charge in [0.05, 0.1) is 11.0 Å². The van der Waals surface area contributed by atoms with Crippen LogP contribution in [0.25, 0.3) is 11.0 Å². The Balaban J connectivity index is 0.000000427. The summed E-state index contributed by atoms with van der Waals surface area (Å²) in [6.45, 7) is 3.10. The van der Waals surface area contributed by atoms with E-state index in [1.54, 1.807) is 0 Å². The van der Waals surface area contributed by atoms with Crippen molar-refractivity contribution in [3.8, 4) is 11.5 Å². The molecule has 0 saturated heterocycles. The summed E-state index contributed by atoms with van der Waals surface area (Å²) in [4.78, 5) is 18.3. The first-order valence-electron chi connectivity index (χ1n) is 11.9. The van der Waals surface area contributed by atoms with E-state index in [4.69, 9.17) is 0 Å². The van der Waals surface area contributed by atoms with Crippen molar-refractivity contribution in [2.24, 2.45) is 5.41 Å². The molecule has 1 fully saturated rings. The molecule has 2 aromatic carbocycles. The van der Waals surface area contributed by atoms with E-state index in [1.165, 1.54) is 44.2 Å². The van der Waals surface area contributed by atoms with E-state index < -0.39 is 42.2 Å². The SMILES string of the molecule is CC1(C)CCCCC1.O=C(O)c1cc2[nH]c(Cc3ccc(OC(F)(F)F)cc3)nc2cc1OCC(F)(F)F. The van der Waals surface area contributed by atoms with E-state index in [9.17, 15) is 36.2 Å². The second kappa shape index (κ2) is 11.5. The zero-order chi connectivity index (χ0) is 28.1. The number of H-pyrrole nitrogens is 1. The third-order valence-electron chi connectivity index (χ3n) is 5.99. The summed E-state index contributed by atoms with van der Waals surface area (Å²) < 4.78 is 82.1. The van der Waals surface area contributed by atoms with Crippen molar-refractivity contribution in [3.05, 3.63) is 53.3 Å². The van der Waals surface area contributed by atoms with Gasteiger partial charge in [-0.15, -0.1) is 13.2 Å². The van der Waals surface area contributed by atoms with Crippen LogP contribution in [0.5, 0.6) is 11.5 Å². The van der Waals surface area contributed by atoms with Crippen LogP contribution >= 0.6 is 0 Å². The number of rotatable bonds is 6. The summed E-state index contributed by atoms with van der Waals surface area (Å²) >= 11 is 0.